The van der Waals surface area contributed by atoms with Crippen LogP contribution < -0.4 is 5.32 Å². The molecule has 1 saturated heterocycles. The summed E-state index contributed by atoms with van der Waals surface area (Å²) in [5.74, 6) is 0.147. The Kier molecular flexibility index (Phi) is 6.27. The van der Waals surface area contributed by atoms with Gasteiger partial charge in [0.2, 0.25) is 5.91 Å². The molecule has 0 bridgehead atoms. The summed E-state index contributed by atoms with van der Waals surface area (Å²) in [5.41, 5.74) is 1.08. The van der Waals surface area contributed by atoms with Crippen molar-refractivity contribution in [3.05, 3.63) is 35.9 Å². The van der Waals surface area contributed by atoms with Crippen molar-refractivity contribution in [2.45, 2.75) is 57.1 Å². The van der Waals surface area contributed by atoms with Gasteiger partial charge in [-0.2, -0.15) is 0 Å². The van der Waals surface area contributed by atoms with Crippen LogP contribution >= 0.6 is 0 Å². The minimum Gasteiger partial charge on any atom is -0.396 e. The molecule has 2 fully saturated rings. The summed E-state index contributed by atoms with van der Waals surface area (Å²) in [5, 5.41) is 12.9. The summed E-state index contributed by atoms with van der Waals surface area (Å²) in [4.78, 5) is 13.0. The van der Waals surface area contributed by atoms with Gasteiger partial charge >= 0.3 is 0 Å². The number of aliphatic hydroxyl groups excluding tert-OH is 1. The van der Waals surface area contributed by atoms with Crippen molar-refractivity contribution in [1.29, 1.82) is 0 Å². The largest absolute Gasteiger partial charge is 0.396 e. The molecule has 3 rings (SSSR count). The molecule has 4 unspecified atom stereocenters. The van der Waals surface area contributed by atoms with Crippen LogP contribution in [0.25, 0.3) is 0 Å². The van der Waals surface area contributed by atoms with E-state index in [-0.39, 0.29) is 36.5 Å². The highest BCUT2D eigenvalue weighted by molar-refractivity contribution is 5.80. The molecule has 24 heavy (non-hydrogen) atoms. The lowest BCUT2D eigenvalue weighted by molar-refractivity contribution is -0.136. The van der Waals surface area contributed by atoms with Gasteiger partial charge in [-0.1, -0.05) is 49.6 Å². The highest BCUT2D eigenvalue weighted by Gasteiger charge is 2.35. The van der Waals surface area contributed by atoms with E-state index < -0.39 is 0 Å². The molecule has 1 amide bonds. The maximum absolute atomic E-state index is 13.0. The second-order valence-corrected chi connectivity index (χ2v) is 7.15. The summed E-state index contributed by atoms with van der Waals surface area (Å²) in [6.45, 7) is 0.875. The van der Waals surface area contributed by atoms with E-state index in [0.717, 1.165) is 44.1 Å². The molecule has 0 aromatic heterocycles. The van der Waals surface area contributed by atoms with Crippen molar-refractivity contribution in [3.8, 4) is 0 Å². The monoisotopic (exact) mass is 331 g/mol. The van der Waals surface area contributed by atoms with Gasteiger partial charge < -0.3 is 15.2 Å². The number of carbonyl (C=O) groups excluding carboxylic acids is 1. The molecule has 1 aromatic rings. The number of nitrogens with one attached hydrogen (secondary N) is 1. The number of hydrogen-bond donors (Lipinski definition) is 2. The van der Waals surface area contributed by atoms with Crippen LogP contribution in [0.1, 0.15) is 56.6 Å². The SMILES string of the molecule is O=C(NC1CCCCCC1CO)C1CCCOC1c1ccccc1. The predicted molar refractivity (Wildman–Crippen MR) is 93.5 cm³/mol. The van der Waals surface area contributed by atoms with E-state index in [4.69, 9.17) is 4.74 Å². The van der Waals surface area contributed by atoms with E-state index in [2.05, 4.69) is 5.32 Å². The summed E-state index contributed by atoms with van der Waals surface area (Å²) >= 11 is 0. The van der Waals surface area contributed by atoms with Crippen LogP contribution in [0.3, 0.4) is 0 Å². The molecule has 1 saturated carbocycles. The molecule has 1 aliphatic heterocycles. The normalized spacial score (nSPS) is 31.2. The van der Waals surface area contributed by atoms with Crippen LogP contribution in [-0.2, 0) is 9.53 Å². The number of aliphatic hydroxyl groups is 1. The van der Waals surface area contributed by atoms with Gasteiger partial charge in [-0.25, -0.2) is 0 Å². The second kappa shape index (κ2) is 8.63. The molecule has 4 atom stereocenters. The quantitative estimate of drug-likeness (QED) is 0.833. The fourth-order valence-corrected chi connectivity index (χ4v) is 4.10. The summed E-state index contributed by atoms with van der Waals surface area (Å²) in [6, 6.07) is 10.2. The Morgan fingerprint density at radius 3 is 2.67 bits per heavy atom. The summed E-state index contributed by atoms with van der Waals surface area (Å²) < 4.78 is 5.95. The summed E-state index contributed by atoms with van der Waals surface area (Å²) in [7, 11) is 0. The third kappa shape index (κ3) is 4.17. The van der Waals surface area contributed by atoms with Gasteiger partial charge in [0.15, 0.2) is 0 Å². The molecule has 4 heteroatoms. The second-order valence-electron chi connectivity index (χ2n) is 7.15. The number of carbonyl (C=O) groups is 1. The van der Waals surface area contributed by atoms with E-state index in [1.807, 2.05) is 30.3 Å². The number of benzene rings is 1. The third-order valence-electron chi connectivity index (χ3n) is 5.51. The minimum atomic E-state index is -0.154. The van der Waals surface area contributed by atoms with Crippen LogP contribution in [0.15, 0.2) is 30.3 Å². The first-order valence-corrected chi connectivity index (χ1v) is 9.37. The minimum absolute atomic E-state index is 0.0916. The lowest BCUT2D eigenvalue weighted by Gasteiger charge is -2.33. The van der Waals surface area contributed by atoms with Gasteiger partial charge in [0, 0.05) is 25.2 Å². The topological polar surface area (TPSA) is 58.6 Å². The summed E-state index contributed by atoms with van der Waals surface area (Å²) in [6.07, 6.45) is 7.09. The first-order valence-electron chi connectivity index (χ1n) is 9.37. The van der Waals surface area contributed by atoms with Gasteiger partial charge in [-0.3, -0.25) is 4.79 Å². The first-order chi connectivity index (χ1) is 11.8. The van der Waals surface area contributed by atoms with Gasteiger partial charge in [0.05, 0.1) is 12.0 Å². The maximum Gasteiger partial charge on any atom is 0.226 e. The Balaban J connectivity index is 1.69. The lowest BCUT2D eigenvalue weighted by Crippen LogP contribution is -2.46. The van der Waals surface area contributed by atoms with Crippen LogP contribution in [0.2, 0.25) is 0 Å². The zero-order valence-corrected chi connectivity index (χ0v) is 14.3. The molecule has 0 radical (unpaired) electrons. The number of ether oxygens (including phenoxy) is 1. The third-order valence-corrected chi connectivity index (χ3v) is 5.51. The molecule has 2 aliphatic rings. The Hall–Kier alpha value is -1.39. The average molecular weight is 331 g/mol. The zero-order chi connectivity index (χ0) is 16.8. The molecule has 1 heterocycles. The Morgan fingerprint density at radius 2 is 1.88 bits per heavy atom. The van der Waals surface area contributed by atoms with Gasteiger partial charge in [0.25, 0.3) is 0 Å². The zero-order valence-electron chi connectivity index (χ0n) is 14.3. The van der Waals surface area contributed by atoms with Crippen LogP contribution in [0.4, 0.5) is 0 Å². The van der Waals surface area contributed by atoms with E-state index in [0.29, 0.717) is 6.61 Å². The molecule has 1 aliphatic carbocycles. The first kappa shape index (κ1) is 17.4. The van der Waals surface area contributed by atoms with Crippen LogP contribution in [0, 0.1) is 11.8 Å². The average Bonchev–Trinajstić information content (AvgIpc) is 2.87. The Morgan fingerprint density at radius 1 is 1.08 bits per heavy atom. The van der Waals surface area contributed by atoms with Gasteiger partial charge in [-0.05, 0) is 31.2 Å². The lowest BCUT2D eigenvalue weighted by atomic mass is 9.87. The molecular weight excluding hydrogens is 302 g/mol. The fourth-order valence-electron chi connectivity index (χ4n) is 4.10. The Bertz CT molecular complexity index is 519. The van der Waals surface area contributed by atoms with Crippen molar-refractivity contribution in [2.75, 3.05) is 13.2 Å². The van der Waals surface area contributed by atoms with Crippen LogP contribution in [0.5, 0.6) is 0 Å². The van der Waals surface area contributed by atoms with E-state index in [1.54, 1.807) is 0 Å². The fraction of sp³-hybridized carbons (Fsp3) is 0.650. The van der Waals surface area contributed by atoms with Crippen molar-refractivity contribution < 1.29 is 14.6 Å². The van der Waals surface area contributed by atoms with Gasteiger partial charge in [-0.15, -0.1) is 0 Å². The smallest absolute Gasteiger partial charge is 0.226 e. The molecule has 4 nitrogen and oxygen atoms in total. The molecule has 0 spiro atoms. The molecule has 1 aromatic carbocycles. The molecule has 2 N–H and O–H groups in total. The molecular formula is C20H29NO3. The van der Waals surface area contributed by atoms with E-state index in [9.17, 15) is 9.90 Å². The molecule has 132 valence electrons. The van der Waals surface area contributed by atoms with E-state index in [1.165, 1.54) is 6.42 Å². The van der Waals surface area contributed by atoms with Crippen molar-refractivity contribution in [3.63, 3.8) is 0 Å². The predicted octanol–water partition coefficient (Wildman–Crippen LogP) is 3.21. The van der Waals surface area contributed by atoms with Crippen molar-refractivity contribution in [2.24, 2.45) is 11.8 Å². The number of rotatable bonds is 4. The number of hydrogen-bond acceptors (Lipinski definition) is 3. The Labute approximate surface area is 144 Å². The van der Waals surface area contributed by atoms with Crippen LogP contribution in [-0.4, -0.2) is 30.3 Å². The number of amides is 1. The van der Waals surface area contributed by atoms with Gasteiger partial charge in [0.1, 0.15) is 0 Å². The van der Waals surface area contributed by atoms with Crippen molar-refractivity contribution >= 4 is 5.91 Å². The maximum atomic E-state index is 13.0. The standard InChI is InChI=1S/C20H29NO3/c22-14-16-10-5-2-6-12-18(16)21-20(23)17-11-7-13-24-19(17)15-8-3-1-4-9-15/h1,3-4,8-9,16-19,22H,2,5-7,10-14H2,(H,21,23). The van der Waals surface area contributed by atoms with E-state index >= 15 is 0 Å². The highest BCUT2D eigenvalue weighted by atomic mass is 16.5. The van der Waals surface area contributed by atoms with Crippen molar-refractivity contribution in [1.82, 2.24) is 5.32 Å². The highest BCUT2D eigenvalue weighted by Crippen LogP contribution is 2.34.